The Morgan fingerprint density at radius 1 is 1.47 bits per heavy atom. The van der Waals surface area contributed by atoms with Crippen LogP contribution in [0.4, 0.5) is 4.39 Å². The van der Waals surface area contributed by atoms with Crippen LogP contribution in [-0.4, -0.2) is 37.6 Å². The van der Waals surface area contributed by atoms with E-state index in [-0.39, 0.29) is 10.4 Å². The molecule has 5 heteroatoms. The molecule has 0 bridgehead atoms. The molecule has 1 rings (SSSR count). The third-order valence-corrected chi connectivity index (χ3v) is 3.43. The molecule has 1 aromatic rings. The molecule has 0 fully saturated rings. The first-order valence-corrected chi connectivity index (χ1v) is 6.99. The number of carbonyl (C=O) groups excluding carboxylic acids is 1. The Morgan fingerprint density at radius 2 is 2.16 bits per heavy atom. The summed E-state index contributed by atoms with van der Waals surface area (Å²) in [5.41, 5.74) is 0.344. The lowest BCUT2D eigenvalue weighted by molar-refractivity contribution is 0.0671. The molecule has 19 heavy (non-hydrogen) atoms. The number of rotatable bonds is 6. The fourth-order valence-corrected chi connectivity index (χ4v) is 2.19. The van der Waals surface area contributed by atoms with Crippen molar-refractivity contribution in [1.29, 1.82) is 0 Å². The molecule has 0 radical (unpaired) electrons. The first-order chi connectivity index (χ1) is 8.97. The van der Waals surface area contributed by atoms with Crippen molar-refractivity contribution in [3.63, 3.8) is 0 Å². The van der Waals surface area contributed by atoms with Crippen LogP contribution in [0.3, 0.4) is 0 Å². The summed E-state index contributed by atoms with van der Waals surface area (Å²) in [6.45, 7) is 5.65. The number of carbonyl (C=O) groups is 1. The molecule has 0 heterocycles. The van der Waals surface area contributed by atoms with Gasteiger partial charge in [0.15, 0.2) is 0 Å². The van der Waals surface area contributed by atoms with Gasteiger partial charge in [0, 0.05) is 20.2 Å². The number of halogens is 2. The molecule has 0 spiro atoms. The van der Waals surface area contributed by atoms with Crippen molar-refractivity contribution in [3.05, 3.63) is 34.1 Å². The van der Waals surface area contributed by atoms with Gasteiger partial charge < -0.3 is 9.64 Å². The molecule has 0 aliphatic rings. The number of nitrogens with zero attached hydrogens (tertiary/aromatic N) is 1. The highest BCUT2D eigenvalue weighted by molar-refractivity contribution is 9.10. The standard InChI is InChI=1S/C14H19BrFNO2/c1-10(2)9-17(7-8-19-3)14(18)11-5-4-6-12(16)13(11)15/h4-6,10H,7-9H2,1-3H3. The zero-order valence-corrected chi connectivity index (χ0v) is 13.0. The van der Waals surface area contributed by atoms with Crippen molar-refractivity contribution in [2.45, 2.75) is 13.8 Å². The summed E-state index contributed by atoms with van der Waals surface area (Å²) in [4.78, 5) is 14.1. The van der Waals surface area contributed by atoms with Gasteiger partial charge in [-0.25, -0.2) is 4.39 Å². The lowest BCUT2D eigenvalue weighted by Gasteiger charge is -2.24. The second-order valence-electron chi connectivity index (χ2n) is 4.74. The maximum absolute atomic E-state index is 13.5. The Morgan fingerprint density at radius 3 is 2.74 bits per heavy atom. The van der Waals surface area contributed by atoms with E-state index >= 15 is 0 Å². The summed E-state index contributed by atoms with van der Waals surface area (Å²) in [6.07, 6.45) is 0. The van der Waals surface area contributed by atoms with Crippen LogP contribution in [0.5, 0.6) is 0 Å². The Hall–Kier alpha value is -0.940. The molecule has 0 aromatic heterocycles. The largest absolute Gasteiger partial charge is 0.383 e. The van der Waals surface area contributed by atoms with Crippen LogP contribution in [-0.2, 0) is 4.74 Å². The molecule has 0 atom stereocenters. The minimum absolute atomic E-state index is 0.183. The monoisotopic (exact) mass is 331 g/mol. The number of hydrogen-bond acceptors (Lipinski definition) is 2. The second kappa shape index (κ2) is 7.60. The number of ether oxygens (including phenoxy) is 1. The van der Waals surface area contributed by atoms with Crippen LogP contribution in [0.25, 0.3) is 0 Å². The highest BCUT2D eigenvalue weighted by Crippen LogP contribution is 2.22. The van der Waals surface area contributed by atoms with Crippen molar-refractivity contribution in [3.8, 4) is 0 Å². The van der Waals surface area contributed by atoms with Gasteiger partial charge in [-0.05, 0) is 34.0 Å². The molecular formula is C14H19BrFNO2. The van der Waals surface area contributed by atoms with E-state index in [1.807, 2.05) is 13.8 Å². The third kappa shape index (κ3) is 4.58. The van der Waals surface area contributed by atoms with Crippen molar-refractivity contribution in [1.82, 2.24) is 4.90 Å². The average molecular weight is 332 g/mol. The van der Waals surface area contributed by atoms with Gasteiger partial charge >= 0.3 is 0 Å². The summed E-state index contributed by atoms with van der Waals surface area (Å²) in [5, 5.41) is 0. The fraction of sp³-hybridized carbons (Fsp3) is 0.500. The maximum atomic E-state index is 13.5. The molecule has 1 aromatic carbocycles. The lowest BCUT2D eigenvalue weighted by Crippen LogP contribution is -2.37. The molecule has 0 unspecified atom stereocenters. The lowest BCUT2D eigenvalue weighted by atomic mass is 10.1. The second-order valence-corrected chi connectivity index (χ2v) is 5.53. The molecule has 0 saturated heterocycles. The SMILES string of the molecule is COCCN(CC(C)C)C(=O)c1cccc(F)c1Br. The first kappa shape index (κ1) is 16.1. The molecular weight excluding hydrogens is 313 g/mol. The van der Waals surface area contributed by atoms with Crippen LogP contribution < -0.4 is 0 Å². The van der Waals surface area contributed by atoms with Crippen LogP contribution in [0.15, 0.2) is 22.7 Å². The van der Waals surface area contributed by atoms with Gasteiger partial charge in [-0.3, -0.25) is 4.79 Å². The first-order valence-electron chi connectivity index (χ1n) is 6.19. The smallest absolute Gasteiger partial charge is 0.255 e. The predicted octanol–water partition coefficient (Wildman–Crippen LogP) is 3.33. The minimum Gasteiger partial charge on any atom is -0.383 e. The van der Waals surface area contributed by atoms with Crippen molar-refractivity contribution in [2.75, 3.05) is 26.8 Å². The van der Waals surface area contributed by atoms with Crippen LogP contribution in [0.1, 0.15) is 24.2 Å². The van der Waals surface area contributed by atoms with E-state index < -0.39 is 5.82 Å². The van der Waals surface area contributed by atoms with E-state index in [4.69, 9.17) is 4.74 Å². The van der Waals surface area contributed by atoms with E-state index in [1.165, 1.54) is 12.1 Å². The number of benzene rings is 1. The van der Waals surface area contributed by atoms with Crippen LogP contribution in [0.2, 0.25) is 0 Å². The van der Waals surface area contributed by atoms with Crippen molar-refractivity contribution in [2.24, 2.45) is 5.92 Å². The normalized spacial score (nSPS) is 10.8. The van der Waals surface area contributed by atoms with Gasteiger partial charge in [-0.2, -0.15) is 0 Å². The predicted molar refractivity (Wildman–Crippen MR) is 76.7 cm³/mol. The zero-order valence-electron chi connectivity index (χ0n) is 11.5. The molecule has 3 nitrogen and oxygen atoms in total. The van der Waals surface area contributed by atoms with Crippen LogP contribution in [0, 0.1) is 11.7 Å². The van der Waals surface area contributed by atoms with E-state index in [0.29, 0.717) is 31.2 Å². The van der Waals surface area contributed by atoms with Gasteiger partial charge in [0.2, 0.25) is 0 Å². The summed E-state index contributed by atoms with van der Waals surface area (Å²) in [7, 11) is 1.59. The summed E-state index contributed by atoms with van der Waals surface area (Å²) in [6, 6.07) is 4.48. The Kier molecular flexibility index (Phi) is 6.45. The van der Waals surface area contributed by atoms with Crippen molar-refractivity contribution < 1.29 is 13.9 Å². The zero-order chi connectivity index (χ0) is 14.4. The highest BCUT2D eigenvalue weighted by atomic mass is 79.9. The van der Waals surface area contributed by atoms with E-state index in [9.17, 15) is 9.18 Å². The number of methoxy groups -OCH3 is 1. The molecule has 1 amide bonds. The highest BCUT2D eigenvalue weighted by Gasteiger charge is 2.20. The summed E-state index contributed by atoms with van der Waals surface area (Å²) in [5.74, 6) is -0.271. The van der Waals surface area contributed by atoms with Crippen LogP contribution >= 0.6 is 15.9 Å². The summed E-state index contributed by atoms with van der Waals surface area (Å²) >= 11 is 3.13. The van der Waals surface area contributed by atoms with Gasteiger partial charge in [0.1, 0.15) is 5.82 Å². The molecule has 0 saturated carbocycles. The van der Waals surface area contributed by atoms with Gasteiger partial charge in [-0.1, -0.05) is 19.9 Å². The molecule has 0 aliphatic carbocycles. The number of amides is 1. The Balaban J connectivity index is 2.94. The van der Waals surface area contributed by atoms with E-state index in [2.05, 4.69) is 15.9 Å². The molecule has 0 N–H and O–H groups in total. The molecule has 106 valence electrons. The quantitative estimate of drug-likeness (QED) is 0.800. The number of hydrogen-bond donors (Lipinski definition) is 0. The van der Waals surface area contributed by atoms with Gasteiger partial charge in [0.25, 0.3) is 5.91 Å². The third-order valence-electron chi connectivity index (χ3n) is 2.62. The topological polar surface area (TPSA) is 29.5 Å². The van der Waals surface area contributed by atoms with Gasteiger partial charge in [-0.15, -0.1) is 0 Å². The van der Waals surface area contributed by atoms with Crippen molar-refractivity contribution >= 4 is 21.8 Å². The molecule has 0 aliphatic heterocycles. The average Bonchev–Trinajstić information content (AvgIpc) is 2.36. The van der Waals surface area contributed by atoms with Gasteiger partial charge in [0.05, 0.1) is 16.6 Å². The minimum atomic E-state index is -0.429. The maximum Gasteiger partial charge on any atom is 0.255 e. The van der Waals surface area contributed by atoms with E-state index in [1.54, 1.807) is 18.1 Å². The Labute approximate surface area is 121 Å². The Bertz CT molecular complexity index is 437. The summed E-state index contributed by atoms with van der Waals surface area (Å²) < 4.78 is 18.7. The fourth-order valence-electron chi connectivity index (χ4n) is 1.76. The van der Waals surface area contributed by atoms with E-state index in [0.717, 1.165) is 0 Å².